The maximum atomic E-state index is 13.4. The third-order valence-electron chi connectivity index (χ3n) is 6.16. The van der Waals surface area contributed by atoms with Gasteiger partial charge in [0, 0.05) is 32.6 Å². The average Bonchev–Trinajstić information content (AvgIpc) is 3.10. The molecule has 3 aromatic rings. The molecule has 0 spiro atoms. The van der Waals surface area contributed by atoms with Crippen molar-refractivity contribution in [2.24, 2.45) is 18.7 Å². The van der Waals surface area contributed by atoms with E-state index in [1.165, 1.54) is 0 Å². The average molecular weight is 423 g/mol. The Balaban J connectivity index is 1.79. The van der Waals surface area contributed by atoms with Crippen LogP contribution in [0.15, 0.2) is 35.1 Å². The maximum Gasteiger partial charge on any atom is 0.279 e. The van der Waals surface area contributed by atoms with Gasteiger partial charge in [-0.15, -0.1) is 0 Å². The smallest absolute Gasteiger partial charge is 0.279 e. The number of rotatable bonds is 7. The summed E-state index contributed by atoms with van der Waals surface area (Å²) in [5.74, 6) is 2.25. The van der Waals surface area contributed by atoms with Crippen LogP contribution in [0.25, 0.3) is 11.2 Å². The largest absolute Gasteiger partial charge is 0.341 e. The standard InChI is InChI=1S/C24H34N6O/c1-17(2)9-7-13-20-26-22-21(23(31)28(20)3)30(15-18-10-5-4-6-11-18)24(27-22)29-14-8-12-19(25)16-29/h4-6,10-11,17,19H,7-9,12-16,25H2,1-3H3. The normalized spacial score (nSPS) is 17.1. The second kappa shape index (κ2) is 9.22. The number of fused-ring (bicyclic) bond motifs is 1. The van der Waals surface area contributed by atoms with Crippen LogP contribution in [-0.2, 0) is 20.0 Å². The van der Waals surface area contributed by atoms with E-state index in [-0.39, 0.29) is 11.6 Å². The molecule has 1 aliphatic heterocycles. The fourth-order valence-electron chi connectivity index (χ4n) is 4.43. The van der Waals surface area contributed by atoms with E-state index in [1.54, 1.807) is 4.57 Å². The van der Waals surface area contributed by atoms with Crippen LogP contribution in [0.1, 0.15) is 50.9 Å². The molecule has 1 aliphatic rings. The maximum absolute atomic E-state index is 13.4. The highest BCUT2D eigenvalue weighted by Crippen LogP contribution is 2.24. The molecule has 4 rings (SSSR count). The summed E-state index contributed by atoms with van der Waals surface area (Å²) in [6.07, 6.45) is 4.97. The predicted octanol–water partition coefficient (Wildman–Crippen LogP) is 3.08. The first kappa shape index (κ1) is 21.6. The summed E-state index contributed by atoms with van der Waals surface area (Å²) >= 11 is 0. The molecule has 2 aromatic heterocycles. The van der Waals surface area contributed by atoms with Crippen LogP contribution < -0.4 is 16.2 Å². The molecule has 166 valence electrons. The van der Waals surface area contributed by atoms with E-state index in [1.807, 2.05) is 29.8 Å². The molecule has 1 atom stereocenters. The highest BCUT2D eigenvalue weighted by atomic mass is 16.1. The van der Waals surface area contributed by atoms with Crippen LogP contribution in [0.3, 0.4) is 0 Å². The Morgan fingerprint density at radius 2 is 1.97 bits per heavy atom. The van der Waals surface area contributed by atoms with Gasteiger partial charge in [0.15, 0.2) is 11.2 Å². The number of aromatic nitrogens is 4. The summed E-state index contributed by atoms with van der Waals surface area (Å²) in [5, 5.41) is 0. The fourth-order valence-corrected chi connectivity index (χ4v) is 4.43. The number of nitrogens with two attached hydrogens (primary N) is 1. The second-order valence-electron chi connectivity index (χ2n) is 9.18. The van der Waals surface area contributed by atoms with E-state index in [0.717, 1.165) is 62.5 Å². The molecule has 1 unspecified atom stereocenters. The minimum absolute atomic E-state index is 0.0273. The number of aryl methyl sites for hydroxylation is 1. The van der Waals surface area contributed by atoms with E-state index in [0.29, 0.717) is 23.6 Å². The van der Waals surface area contributed by atoms with Crippen molar-refractivity contribution in [3.8, 4) is 0 Å². The van der Waals surface area contributed by atoms with Gasteiger partial charge in [0.05, 0.1) is 6.54 Å². The van der Waals surface area contributed by atoms with Crippen molar-refractivity contribution in [2.45, 2.75) is 58.5 Å². The molecular formula is C24H34N6O. The monoisotopic (exact) mass is 422 g/mol. The van der Waals surface area contributed by atoms with Gasteiger partial charge in [-0.1, -0.05) is 50.6 Å². The van der Waals surface area contributed by atoms with Crippen LogP contribution in [0.4, 0.5) is 5.95 Å². The van der Waals surface area contributed by atoms with Gasteiger partial charge in [-0.2, -0.15) is 4.98 Å². The molecule has 0 bridgehead atoms. The lowest BCUT2D eigenvalue weighted by molar-refractivity contribution is 0.495. The number of anilines is 1. The SMILES string of the molecule is CC(C)CCCc1nc2nc(N3CCCC(N)C3)n(Cc3ccccc3)c2c(=O)n1C. The number of hydrogen-bond donors (Lipinski definition) is 1. The number of nitrogens with zero attached hydrogens (tertiary/aromatic N) is 5. The number of benzene rings is 1. The van der Waals surface area contributed by atoms with E-state index in [2.05, 4.69) is 30.9 Å². The molecule has 3 heterocycles. The molecule has 7 nitrogen and oxygen atoms in total. The Hall–Kier alpha value is -2.67. The lowest BCUT2D eigenvalue weighted by Gasteiger charge is -2.31. The van der Waals surface area contributed by atoms with Gasteiger partial charge in [0.2, 0.25) is 5.95 Å². The Morgan fingerprint density at radius 3 is 2.68 bits per heavy atom. The Bertz CT molecular complexity index is 1080. The molecule has 0 saturated carbocycles. The summed E-state index contributed by atoms with van der Waals surface area (Å²) in [5.41, 5.74) is 8.49. The van der Waals surface area contributed by atoms with Crippen LogP contribution in [-0.4, -0.2) is 38.2 Å². The molecule has 7 heteroatoms. The van der Waals surface area contributed by atoms with Gasteiger partial charge in [0.1, 0.15) is 5.82 Å². The molecule has 1 fully saturated rings. The summed E-state index contributed by atoms with van der Waals surface area (Å²) in [4.78, 5) is 25.4. The lowest BCUT2D eigenvalue weighted by atomic mass is 10.1. The summed E-state index contributed by atoms with van der Waals surface area (Å²) < 4.78 is 3.74. The van der Waals surface area contributed by atoms with Crippen molar-refractivity contribution in [2.75, 3.05) is 18.0 Å². The molecular weight excluding hydrogens is 388 g/mol. The quantitative estimate of drug-likeness (QED) is 0.633. The highest BCUT2D eigenvalue weighted by molar-refractivity contribution is 5.74. The molecule has 0 radical (unpaired) electrons. The van der Waals surface area contributed by atoms with Crippen molar-refractivity contribution in [3.05, 3.63) is 52.1 Å². The van der Waals surface area contributed by atoms with Gasteiger partial charge < -0.3 is 10.6 Å². The van der Waals surface area contributed by atoms with Gasteiger partial charge >= 0.3 is 0 Å². The van der Waals surface area contributed by atoms with Gasteiger partial charge in [0.25, 0.3) is 5.56 Å². The summed E-state index contributed by atoms with van der Waals surface area (Å²) in [6, 6.07) is 10.3. The number of hydrogen-bond acceptors (Lipinski definition) is 5. The number of piperidine rings is 1. The van der Waals surface area contributed by atoms with Crippen molar-refractivity contribution in [1.29, 1.82) is 0 Å². The van der Waals surface area contributed by atoms with Crippen molar-refractivity contribution in [1.82, 2.24) is 19.1 Å². The molecule has 0 amide bonds. The van der Waals surface area contributed by atoms with Crippen LogP contribution in [0.2, 0.25) is 0 Å². The summed E-state index contributed by atoms with van der Waals surface area (Å²) in [6.45, 7) is 6.67. The predicted molar refractivity (Wildman–Crippen MR) is 126 cm³/mol. The van der Waals surface area contributed by atoms with Crippen LogP contribution >= 0.6 is 0 Å². The third kappa shape index (κ3) is 4.66. The molecule has 31 heavy (non-hydrogen) atoms. The molecule has 2 N–H and O–H groups in total. The van der Waals surface area contributed by atoms with Gasteiger partial charge in [-0.05, 0) is 30.7 Å². The first-order valence-electron chi connectivity index (χ1n) is 11.4. The van der Waals surface area contributed by atoms with Crippen molar-refractivity contribution < 1.29 is 0 Å². The minimum Gasteiger partial charge on any atom is -0.341 e. The van der Waals surface area contributed by atoms with E-state index in [9.17, 15) is 4.79 Å². The third-order valence-corrected chi connectivity index (χ3v) is 6.16. The number of imidazole rings is 1. The zero-order chi connectivity index (χ0) is 22.0. The minimum atomic E-state index is -0.0273. The zero-order valence-electron chi connectivity index (χ0n) is 18.9. The summed E-state index contributed by atoms with van der Waals surface area (Å²) in [7, 11) is 1.83. The molecule has 0 aliphatic carbocycles. The Kier molecular flexibility index (Phi) is 6.41. The van der Waals surface area contributed by atoms with Crippen LogP contribution in [0.5, 0.6) is 0 Å². The van der Waals surface area contributed by atoms with E-state index < -0.39 is 0 Å². The Labute approximate surface area is 183 Å². The topological polar surface area (TPSA) is 82.0 Å². The van der Waals surface area contributed by atoms with Crippen molar-refractivity contribution in [3.63, 3.8) is 0 Å². The van der Waals surface area contributed by atoms with Crippen molar-refractivity contribution >= 4 is 17.1 Å². The first-order chi connectivity index (χ1) is 14.9. The Morgan fingerprint density at radius 1 is 1.19 bits per heavy atom. The van der Waals surface area contributed by atoms with Gasteiger partial charge in [-0.3, -0.25) is 13.9 Å². The highest BCUT2D eigenvalue weighted by Gasteiger charge is 2.25. The van der Waals surface area contributed by atoms with E-state index >= 15 is 0 Å². The second-order valence-corrected chi connectivity index (χ2v) is 9.18. The molecule has 1 aromatic carbocycles. The lowest BCUT2D eigenvalue weighted by Crippen LogP contribution is -2.44. The van der Waals surface area contributed by atoms with Gasteiger partial charge in [-0.25, -0.2) is 4.98 Å². The van der Waals surface area contributed by atoms with Crippen LogP contribution in [0, 0.1) is 5.92 Å². The van der Waals surface area contributed by atoms with E-state index in [4.69, 9.17) is 15.7 Å². The first-order valence-corrected chi connectivity index (χ1v) is 11.4. The molecule has 1 saturated heterocycles. The fraction of sp³-hybridized carbons (Fsp3) is 0.542. The zero-order valence-corrected chi connectivity index (χ0v) is 18.9.